The van der Waals surface area contributed by atoms with Crippen LogP contribution in [0.4, 0.5) is 18.9 Å². The average Bonchev–Trinajstić information content (AvgIpc) is 3.49. The molecule has 6 rings (SSSR count). The number of pyridine rings is 1. The number of anilines is 1. The lowest BCUT2D eigenvalue weighted by Gasteiger charge is -2.38. The molecule has 10 heteroatoms. The van der Waals surface area contributed by atoms with Crippen LogP contribution in [-0.4, -0.2) is 51.3 Å². The first-order chi connectivity index (χ1) is 18.2. The van der Waals surface area contributed by atoms with Crippen LogP contribution in [0.25, 0.3) is 22.4 Å². The first-order valence-electron chi connectivity index (χ1n) is 12.4. The molecule has 0 atom stereocenters. The molecule has 0 radical (unpaired) electrons. The Balaban J connectivity index is 1.13. The first kappa shape index (κ1) is 24.1. The van der Waals surface area contributed by atoms with Gasteiger partial charge in [0.1, 0.15) is 5.82 Å². The zero-order valence-electron chi connectivity index (χ0n) is 20.3. The van der Waals surface area contributed by atoms with Gasteiger partial charge in [0.05, 0.1) is 16.6 Å². The molecule has 4 aromatic rings. The number of hydrogen-bond donors (Lipinski definition) is 1. The highest BCUT2D eigenvalue weighted by atomic mass is 19.4. The predicted molar refractivity (Wildman–Crippen MR) is 135 cm³/mol. The summed E-state index contributed by atoms with van der Waals surface area (Å²) in [6, 6.07) is 13.8. The number of nitrogens with zero attached hydrogens (tertiary/aromatic N) is 4. The van der Waals surface area contributed by atoms with E-state index in [0.717, 1.165) is 28.7 Å². The van der Waals surface area contributed by atoms with Crippen molar-refractivity contribution >= 4 is 28.5 Å². The summed E-state index contributed by atoms with van der Waals surface area (Å²) in [4.78, 5) is 41.4. The minimum absolute atomic E-state index is 0.0780. The van der Waals surface area contributed by atoms with Gasteiger partial charge in [-0.05, 0) is 67.4 Å². The van der Waals surface area contributed by atoms with Crippen LogP contribution in [-0.2, 0) is 11.0 Å². The number of H-pyrrole nitrogens is 1. The minimum Gasteiger partial charge on any atom is -0.339 e. The second-order valence-corrected chi connectivity index (χ2v) is 10.0. The molecule has 2 amide bonds. The first-order valence-corrected chi connectivity index (χ1v) is 12.4. The molecule has 194 valence electrons. The molecular weight excluding hydrogens is 495 g/mol. The Hall–Kier alpha value is -4.21. The molecule has 38 heavy (non-hydrogen) atoms. The van der Waals surface area contributed by atoms with E-state index in [9.17, 15) is 22.8 Å². The lowest BCUT2D eigenvalue weighted by atomic mass is 9.77. The molecular formula is C28H24F3N5O2. The summed E-state index contributed by atoms with van der Waals surface area (Å²) in [5.74, 6) is 0.528. The summed E-state index contributed by atoms with van der Waals surface area (Å²) < 4.78 is 38.7. The van der Waals surface area contributed by atoms with E-state index in [1.165, 1.54) is 12.1 Å². The fourth-order valence-electron chi connectivity index (χ4n) is 5.45. The average molecular weight is 520 g/mol. The molecule has 2 aromatic carbocycles. The van der Waals surface area contributed by atoms with Gasteiger partial charge >= 0.3 is 6.18 Å². The van der Waals surface area contributed by atoms with Crippen LogP contribution < -0.4 is 4.90 Å². The molecule has 4 heterocycles. The Labute approximate surface area is 216 Å². The number of alkyl halides is 3. The molecule has 1 N–H and O–H groups in total. The number of hydrogen-bond acceptors (Lipinski definition) is 4. The number of amides is 2. The molecule has 0 saturated carbocycles. The maximum absolute atomic E-state index is 13.3. The SMILES string of the molecule is O=C(c1ccc2nc(-c3ccncc3)[nH]c2c1)N1CCC2(CC1)CC(=O)N(c1ccc(C(F)(F)F)cc1)C2. The van der Waals surface area contributed by atoms with Crippen molar-refractivity contribution in [3.05, 3.63) is 78.1 Å². The van der Waals surface area contributed by atoms with Gasteiger partial charge < -0.3 is 14.8 Å². The molecule has 0 aliphatic carbocycles. The molecule has 2 aliphatic rings. The van der Waals surface area contributed by atoms with E-state index in [4.69, 9.17) is 0 Å². The number of carbonyl (C=O) groups excluding carboxylic acids is 2. The largest absolute Gasteiger partial charge is 0.416 e. The smallest absolute Gasteiger partial charge is 0.339 e. The number of rotatable bonds is 3. The van der Waals surface area contributed by atoms with Crippen LogP contribution in [0.3, 0.4) is 0 Å². The Kier molecular flexibility index (Phi) is 5.70. The van der Waals surface area contributed by atoms with Crippen LogP contribution in [0.2, 0.25) is 0 Å². The van der Waals surface area contributed by atoms with Crippen LogP contribution in [0.5, 0.6) is 0 Å². The van der Waals surface area contributed by atoms with E-state index in [-0.39, 0.29) is 17.2 Å². The number of fused-ring (bicyclic) bond motifs is 1. The Morgan fingerprint density at radius 3 is 2.37 bits per heavy atom. The summed E-state index contributed by atoms with van der Waals surface area (Å²) in [6.07, 6.45) is 0.606. The second-order valence-electron chi connectivity index (χ2n) is 10.0. The van der Waals surface area contributed by atoms with Gasteiger partial charge in [-0.15, -0.1) is 0 Å². The monoisotopic (exact) mass is 519 g/mol. The van der Waals surface area contributed by atoms with E-state index in [1.54, 1.807) is 28.3 Å². The maximum Gasteiger partial charge on any atom is 0.416 e. The van der Waals surface area contributed by atoms with E-state index < -0.39 is 11.7 Å². The summed E-state index contributed by atoms with van der Waals surface area (Å²) in [6.45, 7) is 1.46. The third kappa shape index (κ3) is 4.40. The van der Waals surface area contributed by atoms with Gasteiger partial charge in [0.2, 0.25) is 5.91 Å². The fourth-order valence-corrected chi connectivity index (χ4v) is 5.45. The number of halogens is 3. The fraction of sp³-hybridized carbons (Fsp3) is 0.286. The summed E-state index contributed by atoms with van der Waals surface area (Å²) in [7, 11) is 0. The van der Waals surface area contributed by atoms with Crippen molar-refractivity contribution in [1.29, 1.82) is 0 Å². The van der Waals surface area contributed by atoms with Crippen molar-refractivity contribution in [2.24, 2.45) is 5.41 Å². The predicted octanol–water partition coefficient (Wildman–Crippen LogP) is 5.30. The highest BCUT2D eigenvalue weighted by molar-refractivity contribution is 5.98. The van der Waals surface area contributed by atoms with Gasteiger partial charge in [-0.1, -0.05) is 0 Å². The van der Waals surface area contributed by atoms with Gasteiger partial charge in [-0.25, -0.2) is 4.98 Å². The van der Waals surface area contributed by atoms with Crippen LogP contribution in [0, 0.1) is 5.41 Å². The second kappa shape index (κ2) is 8.97. The van der Waals surface area contributed by atoms with Crippen molar-refractivity contribution in [2.45, 2.75) is 25.4 Å². The Morgan fingerprint density at radius 1 is 0.974 bits per heavy atom. The van der Waals surface area contributed by atoms with Crippen molar-refractivity contribution in [2.75, 3.05) is 24.5 Å². The lowest BCUT2D eigenvalue weighted by molar-refractivity contribution is -0.137. The van der Waals surface area contributed by atoms with Crippen LogP contribution in [0.1, 0.15) is 35.2 Å². The molecule has 2 fully saturated rings. The lowest BCUT2D eigenvalue weighted by Crippen LogP contribution is -2.44. The number of piperidine rings is 1. The van der Waals surface area contributed by atoms with E-state index in [1.807, 2.05) is 24.3 Å². The maximum atomic E-state index is 13.3. The zero-order valence-corrected chi connectivity index (χ0v) is 20.3. The third-order valence-electron chi connectivity index (χ3n) is 7.62. The van der Waals surface area contributed by atoms with Gasteiger partial charge in [-0.2, -0.15) is 13.2 Å². The van der Waals surface area contributed by atoms with Gasteiger partial charge in [0, 0.05) is 60.7 Å². The summed E-state index contributed by atoms with van der Waals surface area (Å²) in [5, 5.41) is 0. The Bertz CT molecular complexity index is 1510. The van der Waals surface area contributed by atoms with Crippen LogP contribution >= 0.6 is 0 Å². The highest BCUT2D eigenvalue weighted by Crippen LogP contribution is 2.43. The van der Waals surface area contributed by atoms with Gasteiger partial charge in [-0.3, -0.25) is 14.6 Å². The van der Waals surface area contributed by atoms with Gasteiger partial charge in [0.25, 0.3) is 5.91 Å². The quantitative estimate of drug-likeness (QED) is 0.398. The van der Waals surface area contributed by atoms with E-state index >= 15 is 0 Å². The minimum atomic E-state index is -4.42. The third-order valence-corrected chi connectivity index (χ3v) is 7.62. The van der Waals surface area contributed by atoms with Crippen molar-refractivity contribution in [3.63, 3.8) is 0 Å². The molecule has 7 nitrogen and oxygen atoms in total. The van der Waals surface area contributed by atoms with Crippen molar-refractivity contribution < 1.29 is 22.8 Å². The number of nitrogens with one attached hydrogen (secondary N) is 1. The standard InChI is InChI=1S/C28H24F3N5O2/c29-28(30,31)20-2-4-21(5-3-20)36-17-27(16-24(36)37)9-13-35(14-10-27)26(38)19-1-6-22-23(15-19)34-25(33-22)18-7-11-32-12-8-18/h1-8,11-12,15H,9-10,13-14,16-17H2,(H,33,34). The van der Waals surface area contributed by atoms with E-state index in [2.05, 4.69) is 15.0 Å². The normalized spacial score (nSPS) is 17.5. The molecule has 1 spiro atoms. The number of likely N-dealkylation sites (tertiary alicyclic amines) is 1. The number of carbonyl (C=O) groups is 2. The van der Waals surface area contributed by atoms with Crippen molar-refractivity contribution in [1.82, 2.24) is 19.9 Å². The highest BCUT2D eigenvalue weighted by Gasteiger charge is 2.46. The van der Waals surface area contributed by atoms with Gasteiger partial charge in [0.15, 0.2) is 0 Å². The number of aromatic nitrogens is 3. The molecule has 2 aliphatic heterocycles. The van der Waals surface area contributed by atoms with E-state index in [0.29, 0.717) is 56.0 Å². The van der Waals surface area contributed by atoms with Crippen LogP contribution in [0.15, 0.2) is 67.0 Å². The number of benzene rings is 2. The molecule has 2 aromatic heterocycles. The number of aromatic amines is 1. The topological polar surface area (TPSA) is 82.2 Å². The molecule has 0 unspecified atom stereocenters. The summed E-state index contributed by atoms with van der Waals surface area (Å²) >= 11 is 0. The molecule has 0 bridgehead atoms. The summed E-state index contributed by atoms with van der Waals surface area (Å²) in [5.41, 5.74) is 2.44. The number of imidazole rings is 1. The van der Waals surface area contributed by atoms with Crippen molar-refractivity contribution in [3.8, 4) is 11.4 Å². The molecule has 2 saturated heterocycles. The Morgan fingerprint density at radius 2 is 1.68 bits per heavy atom. The zero-order chi connectivity index (χ0) is 26.5.